The molecule has 7 heteroatoms. The number of anilines is 1. The van der Waals surface area contributed by atoms with Crippen molar-refractivity contribution in [3.05, 3.63) is 76.6 Å². The predicted molar refractivity (Wildman–Crippen MR) is 113 cm³/mol. The highest BCUT2D eigenvalue weighted by atomic mass is 32.2. The summed E-state index contributed by atoms with van der Waals surface area (Å²) in [5.74, 6) is 0.236. The van der Waals surface area contributed by atoms with Crippen LogP contribution in [0.5, 0.6) is 0 Å². The number of nitrogens with zero attached hydrogens (tertiary/aromatic N) is 1. The predicted octanol–water partition coefficient (Wildman–Crippen LogP) is 3.76. The van der Waals surface area contributed by atoms with Gasteiger partial charge in [0.05, 0.1) is 11.4 Å². The Morgan fingerprint density at radius 2 is 1.79 bits per heavy atom. The molecule has 1 aromatic heterocycles. The number of thioether (sulfide) groups is 1. The topological polar surface area (TPSA) is 91.9 Å². The molecule has 29 heavy (non-hydrogen) atoms. The van der Waals surface area contributed by atoms with Crippen molar-refractivity contribution in [2.45, 2.75) is 18.0 Å². The van der Waals surface area contributed by atoms with Gasteiger partial charge < -0.3 is 10.3 Å². The molecule has 2 N–H and O–H groups in total. The summed E-state index contributed by atoms with van der Waals surface area (Å²) in [4.78, 5) is 43.3. The molecule has 0 atom stereocenters. The van der Waals surface area contributed by atoms with Crippen LogP contribution in [0.1, 0.15) is 23.2 Å². The van der Waals surface area contributed by atoms with Gasteiger partial charge >= 0.3 is 0 Å². The Morgan fingerprint density at radius 3 is 2.48 bits per heavy atom. The molecule has 0 aliphatic heterocycles. The molecule has 0 saturated heterocycles. The molecule has 0 spiro atoms. The summed E-state index contributed by atoms with van der Waals surface area (Å²) in [6.45, 7) is 0. The van der Waals surface area contributed by atoms with Gasteiger partial charge in [0.1, 0.15) is 0 Å². The highest BCUT2D eigenvalue weighted by Crippen LogP contribution is 2.30. The number of nitrogens with one attached hydrogen (secondary N) is 2. The van der Waals surface area contributed by atoms with Crippen LogP contribution < -0.4 is 10.9 Å². The number of amides is 1. The quantitative estimate of drug-likeness (QED) is 0.355. The van der Waals surface area contributed by atoms with Crippen LogP contribution in [0.15, 0.2) is 70.6 Å². The first-order chi connectivity index (χ1) is 14.1. The van der Waals surface area contributed by atoms with Gasteiger partial charge in [-0.05, 0) is 37.1 Å². The van der Waals surface area contributed by atoms with E-state index in [9.17, 15) is 14.4 Å². The Labute approximate surface area is 171 Å². The summed E-state index contributed by atoms with van der Waals surface area (Å²) < 4.78 is 0. The van der Waals surface area contributed by atoms with Gasteiger partial charge in [-0.25, -0.2) is 4.98 Å². The minimum Gasteiger partial charge on any atom is -0.326 e. The SMILES string of the molecule is O=C(CSc1nc(-c2ccccc2)cc(=O)[nH]1)c1ccc(NC(=O)C2CC2)cc1. The fourth-order valence-corrected chi connectivity index (χ4v) is 3.58. The van der Waals surface area contributed by atoms with Crippen molar-refractivity contribution in [3.63, 3.8) is 0 Å². The maximum absolute atomic E-state index is 12.5. The monoisotopic (exact) mass is 405 g/mol. The van der Waals surface area contributed by atoms with E-state index in [1.807, 2.05) is 30.3 Å². The van der Waals surface area contributed by atoms with Crippen molar-refractivity contribution >= 4 is 29.1 Å². The van der Waals surface area contributed by atoms with Crippen molar-refractivity contribution in [2.24, 2.45) is 5.92 Å². The van der Waals surface area contributed by atoms with Crippen LogP contribution in [0, 0.1) is 5.92 Å². The first-order valence-electron chi connectivity index (χ1n) is 9.32. The molecule has 4 rings (SSSR count). The molecule has 1 fully saturated rings. The number of hydrogen-bond donors (Lipinski definition) is 2. The Balaban J connectivity index is 1.40. The number of Topliss-reactive ketones (excluding diaryl/α,β-unsaturated/α-hetero) is 1. The average Bonchev–Trinajstić information content (AvgIpc) is 3.58. The van der Waals surface area contributed by atoms with Crippen molar-refractivity contribution in [1.29, 1.82) is 0 Å². The lowest BCUT2D eigenvalue weighted by Crippen LogP contribution is -2.13. The zero-order chi connectivity index (χ0) is 20.2. The molecule has 1 aliphatic carbocycles. The van der Waals surface area contributed by atoms with Gasteiger partial charge in [0.15, 0.2) is 10.9 Å². The van der Waals surface area contributed by atoms with Gasteiger partial charge in [0.25, 0.3) is 5.56 Å². The van der Waals surface area contributed by atoms with Crippen molar-refractivity contribution in [2.75, 3.05) is 11.1 Å². The Bertz CT molecular complexity index is 1090. The van der Waals surface area contributed by atoms with E-state index in [0.29, 0.717) is 22.1 Å². The zero-order valence-electron chi connectivity index (χ0n) is 15.6. The number of hydrogen-bond acceptors (Lipinski definition) is 5. The number of H-pyrrole nitrogens is 1. The molecule has 6 nitrogen and oxygen atoms in total. The molecule has 3 aromatic rings. The third-order valence-corrected chi connectivity index (χ3v) is 5.43. The fourth-order valence-electron chi connectivity index (χ4n) is 2.81. The van der Waals surface area contributed by atoms with E-state index in [2.05, 4.69) is 15.3 Å². The van der Waals surface area contributed by atoms with Crippen LogP contribution in [0.2, 0.25) is 0 Å². The molecule has 1 aliphatic rings. The van der Waals surface area contributed by atoms with Crippen LogP contribution in [-0.4, -0.2) is 27.4 Å². The number of rotatable bonds is 7. The first kappa shape index (κ1) is 19.1. The third-order valence-electron chi connectivity index (χ3n) is 4.55. The second-order valence-electron chi connectivity index (χ2n) is 6.85. The van der Waals surface area contributed by atoms with Crippen LogP contribution in [0.4, 0.5) is 5.69 Å². The second-order valence-corrected chi connectivity index (χ2v) is 7.82. The molecule has 2 aromatic carbocycles. The molecule has 1 saturated carbocycles. The second kappa shape index (κ2) is 8.45. The molecule has 1 amide bonds. The van der Waals surface area contributed by atoms with Crippen molar-refractivity contribution < 1.29 is 9.59 Å². The van der Waals surface area contributed by atoms with E-state index in [4.69, 9.17) is 0 Å². The molecular weight excluding hydrogens is 386 g/mol. The summed E-state index contributed by atoms with van der Waals surface area (Å²) in [7, 11) is 0. The Hall–Kier alpha value is -3.19. The van der Waals surface area contributed by atoms with E-state index >= 15 is 0 Å². The van der Waals surface area contributed by atoms with Gasteiger partial charge in [0.2, 0.25) is 5.91 Å². The van der Waals surface area contributed by atoms with Gasteiger partial charge in [-0.15, -0.1) is 0 Å². The minimum absolute atomic E-state index is 0.0351. The largest absolute Gasteiger partial charge is 0.326 e. The van der Waals surface area contributed by atoms with Crippen LogP contribution >= 0.6 is 11.8 Å². The van der Waals surface area contributed by atoms with E-state index in [1.165, 1.54) is 17.8 Å². The highest BCUT2D eigenvalue weighted by Gasteiger charge is 2.29. The van der Waals surface area contributed by atoms with Crippen LogP contribution in [0.25, 0.3) is 11.3 Å². The van der Waals surface area contributed by atoms with Crippen molar-refractivity contribution in [3.8, 4) is 11.3 Å². The standard InChI is InChI=1S/C22H19N3O3S/c26-19(15-8-10-17(11-9-15)23-21(28)16-6-7-16)13-29-22-24-18(12-20(27)25-22)14-4-2-1-3-5-14/h1-5,8-12,16H,6-7,13H2,(H,23,28)(H,24,25,27). The van der Waals surface area contributed by atoms with Gasteiger partial charge in [-0.2, -0.15) is 0 Å². The van der Waals surface area contributed by atoms with E-state index in [1.54, 1.807) is 24.3 Å². The lowest BCUT2D eigenvalue weighted by molar-refractivity contribution is -0.117. The number of carbonyl (C=O) groups excluding carboxylic acids is 2. The molecule has 0 radical (unpaired) electrons. The van der Waals surface area contributed by atoms with Gasteiger partial charge in [0, 0.05) is 28.8 Å². The molecule has 0 bridgehead atoms. The number of ketones is 1. The fraction of sp³-hybridized carbons (Fsp3) is 0.182. The third kappa shape index (κ3) is 5.00. The van der Waals surface area contributed by atoms with Crippen LogP contribution in [-0.2, 0) is 4.79 Å². The number of aromatic nitrogens is 2. The summed E-state index contributed by atoms with van der Waals surface area (Å²) in [6, 6.07) is 17.7. The zero-order valence-corrected chi connectivity index (χ0v) is 16.4. The Morgan fingerprint density at radius 1 is 1.07 bits per heavy atom. The molecule has 1 heterocycles. The number of benzene rings is 2. The van der Waals surface area contributed by atoms with E-state index < -0.39 is 0 Å². The molecule has 0 unspecified atom stereocenters. The lowest BCUT2D eigenvalue weighted by Gasteiger charge is -2.06. The summed E-state index contributed by atoms with van der Waals surface area (Å²) in [5.41, 5.74) is 2.39. The Kier molecular flexibility index (Phi) is 5.57. The van der Waals surface area contributed by atoms with Gasteiger partial charge in [-0.3, -0.25) is 14.4 Å². The first-order valence-corrected chi connectivity index (χ1v) is 10.3. The van der Waals surface area contributed by atoms with E-state index in [-0.39, 0.29) is 28.9 Å². The van der Waals surface area contributed by atoms with Gasteiger partial charge in [-0.1, -0.05) is 42.1 Å². The highest BCUT2D eigenvalue weighted by molar-refractivity contribution is 7.99. The van der Waals surface area contributed by atoms with Crippen molar-refractivity contribution in [1.82, 2.24) is 9.97 Å². The van der Waals surface area contributed by atoms with E-state index in [0.717, 1.165) is 18.4 Å². The lowest BCUT2D eigenvalue weighted by atomic mass is 10.1. The summed E-state index contributed by atoms with van der Waals surface area (Å²) in [5, 5.41) is 3.25. The average molecular weight is 405 g/mol. The summed E-state index contributed by atoms with van der Waals surface area (Å²) in [6.07, 6.45) is 1.89. The maximum atomic E-state index is 12.5. The molecular formula is C22H19N3O3S. The number of aromatic amines is 1. The normalized spacial score (nSPS) is 13.1. The molecule has 146 valence electrons. The number of carbonyl (C=O) groups is 2. The van der Waals surface area contributed by atoms with Crippen LogP contribution in [0.3, 0.4) is 0 Å². The minimum atomic E-state index is -0.260. The maximum Gasteiger partial charge on any atom is 0.252 e. The summed E-state index contributed by atoms with van der Waals surface area (Å²) >= 11 is 1.19. The smallest absolute Gasteiger partial charge is 0.252 e.